The Kier molecular flexibility index (Phi) is 7.95. The molecule has 10 heteroatoms. The molecule has 0 aliphatic carbocycles. The molecule has 0 amide bonds. The van der Waals surface area contributed by atoms with E-state index < -0.39 is 46.5 Å². The second-order valence-electron chi connectivity index (χ2n) is 9.22. The van der Waals surface area contributed by atoms with Gasteiger partial charge in [-0.3, -0.25) is 0 Å². The topological polar surface area (TPSA) is 18.5 Å². The molecular weight excluding hydrogens is 569 g/mol. The molecule has 0 bridgehead atoms. The van der Waals surface area contributed by atoms with Crippen LogP contribution in [0.5, 0.6) is 11.5 Å². The average Bonchev–Trinajstić information content (AvgIpc) is 3.35. The Hall–Kier alpha value is -4.05. The zero-order valence-corrected chi connectivity index (χ0v) is 22.2. The number of hydrogen-bond acceptors (Lipinski definition) is 3. The minimum atomic E-state index is -4.66. The van der Waals surface area contributed by atoms with Gasteiger partial charge in [-0.15, -0.1) is 11.3 Å². The van der Waals surface area contributed by atoms with Crippen LogP contribution in [-0.2, 0) is 6.11 Å². The summed E-state index contributed by atoms with van der Waals surface area (Å²) in [6.07, 6.45) is -2.66. The van der Waals surface area contributed by atoms with E-state index in [1.54, 1.807) is 35.6 Å². The van der Waals surface area contributed by atoms with E-state index in [1.807, 2.05) is 24.3 Å². The predicted octanol–water partition coefficient (Wildman–Crippen LogP) is 10.2. The Bertz CT molecular complexity index is 1670. The van der Waals surface area contributed by atoms with Gasteiger partial charge in [0.2, 0.25) is 0 Å². The van der Waals surface area contributed by atoms with Gasteiger partial charge in [-0.25, -0.2) is 22.0 Å². The van der Waals surface area contributed by atoms with E-state index in [9.17, 15) is 30.7 Å². The van der Waals surface area contributed by atoms with Crippen molar-refractivity contribution >= 4 is 21.4 Å². The lowest BCUT2D eigenvalue weighted by atomic mass is 10.0. The fourth-order valence-electron chi connectivity index (χ4n) is 4.21. The minimum absolute atomic E-state index is 0.0184. The van der Waals surface area contributed by atoms with Gasteiger partial charge in [0.1, 0.15) is 28.7 Å². The molecule has 1 heterocycles. The number of ether oxygens (including phenoxy) is 2. The largest absolute Gasteiger partial charge is 0.494 e. The first-order valence-electron chi connectivity index (χ1n) is 12.5. The molecule has 0 N–H and O–H groups in total. The van der Waals surface area contributed by atoms with Crippen LogP contribution in [0.2, 0.25) is 0 Å². The summed E-state index contributed by atoms with van der Waals surface area (Å²) < 4.78 is 110. The van der Waals surface area contributed by atoms with Crippen molar-refractivity contribution in [2.45, 2.75) is 25.9 Å². The number of alkyl halides is 2. The third kappa shape index (κ3) is 6.02. The number of benzene rings is 4. The van der Waals surface area contributed by atoms with E-state index in [4.69, 9.17) is 4.74 Å². The van der Waals surface area contributed by atoms with Crippen LogP contribution in [0.1, 0.15) is 25.3 Å². The molecule has 2 nitrogen and oxygen atoms in total. The standard InChI is InChI=1S/C31H21F7O2S/c1-2-3-10-39-21-9-8-19-13-27(41-28(19)16-21)18-6-4-17(5-7-18)20-11-23(32)29(24(33)12-20)31(37,38)40-22-14-25(34)30(36)26(35)15-22/h4-9,11-16H,2-3,10H2,1H3. The monoisotopic (exact) mass is 590 g/mol. The summed E-state index contributed by atoms with van der Waals surface area (Å²) in [5.41, 5.74) is -0.570. The molecule has 0 radical (unpaired) electrons. The van der Waals surface area contributed by atoms with Gasteiger partial charge in [0.15, 0.2) is 17.5 Å². The molecule has 0 unspecified atom stereocenters. The summed E-state index contributed by atoms with van der Waals surface area (Å²) >= 11 is 1.55. The Labute approximate surface area is 234 Å². The molecule has 212 valence electrons. The van der Waals surface area contributed by atoms with Gasteiger partial charge in [-0.2, -0.15) is 8.78 Å². The zero-order valence-electron chi connectivity index (χ0n) is 21.4. The van der Waals surface area contributed by atoms with Crippen LogP contribution in [0.4, 0.5) is 30.7 Å². The third-order valence-corrected chi connectivity index (χ3v) is 7.44. The molecule has 5 rings (SSSR count). The number of rotatable bonds is 9. The van der Waals surface area contributed by atoms with E-state index in [0.717, 1.165) is 39.1 Å². The lowest BCUT2D eigenvalue weighted by Gasteiger charge is -2.20. The summed E-state index contributed by atoms with van der Waals surface area (Å²) in [6, 6.07) is 16.3. The first kappa shape index (κ1) is 28.5. The number of fused-ring (bicyclic) bond motifs is 1. The van der Waals surface area contributed by atoms with E-state index in [1.165, 1.54) is 0 Å². The van der Waals surface area contributed by atoms with Crippen molar-refractivity contribution in [3.8, 4) is 33.1 Å². The quantitative estimate of drug-likeness (QED) is 0.0966. The van der Waals surface area contributed by atoms with Gasteiger partial charge in [0.05, 0.1) is 6.61 Å². The van der Waals surface area contributed by atoms with Crippen molar-refractivity contribution in [3.05, 3.63) is 107 Å². The van der Waals surface area contributed by atoms with Crippen molar-refractivity contribution in [2.24, 2.45) is 0 Å². The van der Waals surface area contributed by atoms with E-state index in [2.05, 4.69) is 11.7 Å². The molecule has 0 aliphatic rings. The molecule has 41 heavy (non-hydrogen) atoms. The Morgan fingerprint density at radius 1 is 0.683 bits per heavy atom. The third-order valence-electron chi connectivity index (χ3n) is 6.30. The molecule has 1 aromatic heterocycles. The van der Waals surface area contributed by atoms with Crippen LogP contribution >= 0.6 is 11.3 Å². The van der Waals surface area contributed by atoms with E-state index >= 15 is 0 Å². The number of unbranched alkanes of at least 4 members (excludes halogenated alkanes) is 1. The van der Waals surface area contributed by atoms with Crippen LogP contribution < -0.4 is 9.47 Å². The normalized spacial score (nSPS) is 11.7. The van der Waals surface area contributed by atoms with E-state index in [-0.39, 0.29) is 17.7 Å². The average molecular weight is 591 g/mol. The van der Waals surface area contributed by atoms with Gasteiger partial charge < -0.3 is 9.47 Å². The Morgan fingerprint density at radius 2 is 1.32 bits per heavy atom. The number of halogens is 7. The van der Waals surface area contributed by atoms with Crippen LogP contribution in [0.25, 0.3) is 31.7 Å². The molecule has 0 fully saturated rings. The Morgan fingerprint density at radius 3 is 1.95 bits per heavy atom. The van der Waals surface area contributed by atoms with Gasteiger partial charge in [-0.05, 0) is 64.9 Å². The van der Waals surface area contributed by atoms with Gasteiger partial charge >= 0.3 is 6.11 Å². The maximum atomic E-state index is 14.8. The van der Waals surface area contributed by atoms with Crippen molar-refractivity contribution < 1.29 is 40.2 Å². The fraction of sp³-hybridized carbons (Fsp3) is 0.161. The Balaban J connectivity index is 1.37. The summed E-state index contributed by atoms with van der Waals surface area (Å²) in [7, 11) is 0. The van der Waals surface area contributed by atoms with Crippen LogP contribution in [-0.4, -0.2) is 6.61 Å². The minimum Gasteiger partial charge on any atom is -0.494 e. The molecule has 0 saturated heterocycles. The van der Waals surface area contributed by atoms with Crippen LogP contribution in [0.15, 0.2) is 72.8 Å². The zero-order chi connectivity index (χ0) is 29.3. The maximum Gasteiger partial charge on any atom is 0.432 e. The number of hydrogen-bond donors (Lipinski definition) is 0. The molecule has 0 atom stereocenters. The highest BCUT2D eigenvalue weighted by Crippen LogP contribution is 2.39. The van der Waals surface area contributed by atoms with E-state index in [0.29, 0.717) is 24.3 Å². The molecule has 0 saturated carbocycles. The summed E-state index contributed by atoms with van der Waals surface area (Å²) in [5, 5.41) is 1.03. The SMILES string of the molecule is CCCCOc1ccc2cc(-c3ccc(-c4cc(F)c(C(F)(F)Oc5cc(F)c(F)c(F)c5)c(F)c4)cc3)sc2c1. The summed E-state index contributed by atoms with van der Waals surface area (Å²) in [6.45, 7) is 2.73. The highest BCUT2D eigenvalue weighted by Gasteiger charge is 2.41. The second-order valence-corrected chi connectivity index (χ2v) is 10.3. The number of thiophene rings is 1. The molecular formula is C31H21F7O2S. The molecule has 0 spiro atoms. The molecule has 5 aromatic rings. The lowest BCUT2D eigenvalue weighted by molar-refractivity contribution is -0.189. The van der Waals surface area contributed by atoms with Crippen LogP contribution in [0, 0.1) is 29.1 Å². The predicted molar refractivity (Wildman–Crippen MR) is 144 cm³/mol. The maximum absolute atomic E-state index is 14.8. The first-order valence-corrected chi connectivity index (χ1v) is 13.4. The van der Waals surface area contributed by atoms with Crippen molar-refractivity contribution in [1.82, 2.24) is 0 Å². The fourth-order valence-corrected chi connectivity index (χ4v) is 5.31. The van der Waals surface area contributed by atoms with Crippen molar-refractivity contribution in [3.63, 3.8) is 0 Å². The van der Waals surface area contributed by atoms with Gasteiger partial charge in [0.25, 0.3) is 0 Å². The molecule has 0 aliphatic heterocycles. The highest BCUT2D eigenvalue weighted by atomic mass is 32.1. The molecule has 4 aromatic carbocycles. The smallest absolute Gasteiger partial charge is 0.432 e. The second kappa shape index (κ2) is 11.4. The van der Waals surface area contributed by atoms with Crippen molar-refractivity contribution in [2.75, 3.05) is 6.61 Å². The van der Waals surface area contributed by atoms with Crippen molar-refractivity contribution in [1.29, 1.82) is 0 Å². The summed E-state index contributed by atoms with van der Waals surface area (Å²) in [5.74, 6) is -9.14. The van der Waals surface area contributed by atoms with Gasteiger partial charge in [-0.1, -0.05) is 37.6 Å². The lowest BCUT2D eigenvalue weighted by Crippen LogP contribution is -2.25. The summed E-state index contributed by atoms with van der Waals surface area (Å²) in [4.78, 5) is 0.954. The first-order chi connectivity index (χ1) is 19.6. The highest BCUT2D eigenvalue weighted by molar-refractivity contribution is 7.22. The van der Waals surface area contributed by atoms with Crippen LogP contribution in [0.3, 0.4) is 0 Å². The van der Waals surface area contributed by atoms with Gasteiger partial charge in [0, 0.05) is 21.7 Å².